The van der Waals surface area contributed by atoms with Crippen LogP contribution in [0.1, 0.15) is 271 Å². The minimum atomic E-state index is -0.778. The second kappa shape index (κ2) is 51.0. The molecular formula is C56H100O6. The quantitative estimate of drug-likeness (QED) is 0.0262. The van der Waals surface area contributed by atoms with Gasteiger partial charge in [0.05, 0.1) is 0 Å². The lowest BCUT2D eigenvalue weighted by Gasteiger charge is -2.18. The maximum Gasteiger partial charge on any atom is 0.306 e. The number of rotatable bonds is 48. The molecule has 0 radical (unpaired) electrons. The van der Waals surface area contributed by atoms with Crippen molar-refractivity contribution in [3.05, 3.63) is 48.6 Å². The van der Waals surface area contributed by atoms with E-state index in [0.29, 0.717) is 19.3 Å². The van der Waals surface area contributed by atoms with Crippen molar-refractivity contribution in [1.29, 1.82) is 0 Å². The molecule has 6 heteroatoms. The van der Waals surface area contributed by atoms with Gasteiger partial charge in [-0.2, -0.15) is 0 Å². The maximum absolute atomic E-state index is 12.8. The van der Waals surface area contributed by atoms with Crippen LogP contribution < -0.4 is 0 Å². The van der Waals surface area contributed by atoms with E-state index >= 15 is 0 Å². The summed E-state index contributed by atoms with van der Waals surface area (Å²) in [7, 11) is 0. The fourth-order valence-electron chi connectivity index (χ4n) is 7.49. The van der Waals surface area contributed by atoms with Crippen LogP contribution in [0.15, 0.2) is 48.6 Å². The molecular weight excluding hydrogens is 769 g/mol. The molecule has 0 aliphatic carbocycles. The highest BCUT2D eigenvalue weighted by Gasteiger charge is 2.19. The Morgan fingerprint density at radius 3 is 0.968 bits per heavy atom. The second-order valence-electron chi connectivity index (χ2n) is 17.8. The largest absolute Gasteiger partial charge is 0.462 e. The molecule has 0 fully saturated rings. The van der Waals surface area contributed by atoms with Crippen LogP contribution in [0.25, 0.3) is 0 Å². The molecule has 0 rings (SSSR count). The van der Waals surface area contributed by atoms with E-state index in [9.17, 15) is 14.4 Å². The predicted octanol–water partition coefficient (Wildman–Crippen LogP) is 17.5. The summed E-state index contributed by atoms with van der Waals surface area (Å²) in [5.41, 5.74) is 0. The lowest BCUT2D eigenvalue weighted by atomic mass is 10.0. The lowest BCUT2D eigenvalue weighted by Crippen LogP contribution is -2.30. The Morgan fingerprint density at radius 1 is 0.323 bits per heavy atom. The van der Waals surface area contributed by atoms with Crippen molar-refractivity contribution in [2.24, 2.45) is 0 Å². The molecule has 360 valence electrons. The summed E-state index contributed by atoms with van der Waals surface area (Å²) in [6, 6.07) is 0. The van der Waals surface area contributed by atoms with Crippen molar-refractivity contribution in [2.45, 2.75) is 277 Å². The number of allylic oxidation sites excluding steroid dienone is 8. The first kappa shape index (κ1) is 59.4. The van der Waals surface area contributed by atoms with Gasteiger partial charge in [-0.15, -0.1) is 0 Å². The van der Waals surface area contributed by atoms with Crippen molar-refractivity contribution in [3.63, 3.8) is 0 Å². The van der Waals surface area contributed by atoms with Gasteiger partial charge in [0, 0.05) is 19.3 Å². The van der Waals surface area contributed by atoms with E-state index in [-0.39, 0.29) is 31.1 Å². The third-order valence-electron chi connectivity index (χ3n) is 11.6. The van der Waals surface area contributed by atoms with Crippen LogP contribution in [0, 0.1) is 0 Å². The fraction of sp³-hybridized carbons (Fsp3) is 0.804. The Kier molecular flexibility index (Phi) is 48.8. The number of carbonyl (C=O) groups excluding carboxylic acids is 3. The van der Waals surface area contributed by atoms with Crippen LogP contribution in [0.4, 0.5) is 0 Å². The van der Waals surface area contributed by atoms with Crippen LogP contribution in [-0.4, -0.2) is 37.2 Å². The number of carbonyl (C=O) groups is 3. The summed E-state index contributed by atoms with van der Waals surface area (Å²) in [6.45, 7) is 6.58. The summed E-state index contributed by atoms with van der Waals surface area (Å²) in [5.74, 6) is -0.894. The third kappa shape index (κ3) is 48.4. The molecule has 1 unspecified atom stereocenters. The monoisotopic (exact) mass is 869 g/mol. The predicted molar refractivity (Wildman–Crippen MR) is 265 cm³/mol. The molecule has 0 aromatic heterocycles. The lowest BCUT2D eigenvalue weighted by molar-refractivity contribution is -0.167. The van der Waals surface area contributed by atoms with E-state index in [1.165, 1.54) is 148 Å². The standard InChI is InChI=1S/C56H100O6/c1-4-7-10-13-16-19-22-24-25-26-27-28-29-30-31-32-35-37-40-43-46-49-55(58)61-52-53(51-60-54(57)48-45-42-39-36-33-21-18-15-12-9-6-3)62-56(59)50-47-44-41-38-34-23-20-17-14-11-8-5-2/h15,18,22,24,26-27,29-30,53H,4-14,16-17,19-21,23,25,28,31-52H2,1-3H3/b18-15-,24-22-,27-26-,30-29-. The molecule has 0 aromatic rings. The molecule has 0 aliphatic rings. The first-order valence-electron chi connectivity index (χ1n) is 26.6. The number of unbranched alkanes of at least 4 members (excludes halogenated alkanes) is 29. The molecule has 0 aliphatic heterocycles. The Balaban J connectivity index is 4.32. The Bertz CT molecular complexity index is 1090. The van der Waals surface area contributed by atoms with Crippen LogP contribution in [0.3, 0.4) is 0 Å². The van der Waals surface area contributed by atoms with Gasteiger partial charge in [0.15, 0.2) is 6.10 Å². The zero-order valence-corrected chi connectivity index (χ0v) is 41.1. The van der Waals surface area contributed by atoms with Crippen LogP contribution in [0.2, 0.25) is 0 Å². The highest BCUT2D eigenvalue weighted by atomic mass is 16.6. The first-order chi connectivity index (χ1) is 30.5. The van der Waals surface area contributed by atoms with Gasteiger partial charge >= 0.3 is 17.9 Å². The van der Waals surface area contributed by atoms with Crippen molar-refractivity contribution in [1.82, 2.24) is 0 Å². The molecule has 0 bridgehead atoms. The van der Waals surface area contributed by atoms with Crippen LogP contribution in [-0.2, 0) is 28.6 Å². The minimum absolute atomic E-state index is 0.0799. The Labute approximate surface area is 384 Å². The van der Waals surface area contributed by atoms with Gasteiger partial charge in [0.25, 0.3) is 0 Å². The zero-order chi connectivity index (χ0) is 45.1. The Morgan fingerprint density at radius 2 is 0.597 bits per heavy atom. The van der Waals surface area contributed by atoms with E-state index in [1.807, 2.05) is 0 Å². The number of esters is 3. The van der Waals surface area contributed by atoms with E-state index in [2.05, 4.69) is 69.4 Å². The van der Waals surface area contributed by atoms with E-state index < -0.39 is 6.10 Å². The summed E-state index contributed by atoms with van der Waals surface area (Å²) < 4.78 is 16.8. The highest BCUT2D eigenvalue weighted by molar-refractivity contribution is 5.71. The SMILES string of the molecule is CCCC/C=C\CCCCCCCC(=O)OCC(COC(=O)CCCCCCCC/C=C\C/C=C\C/C=C\CCCCCCC)OC(=O)CCCCCCCCCCCCCC. The van der Waals surface area contributed by atoms with E-state index in [0.717, 1.165) is 83.5 Å². The van der Waals surface area contributed by atoms with Gasteiger partial charge in [0.1, 0.15) is 13.2 Å². The Hall–Kier alpha value is -2.63. The van der Waals surface area contributed by atoms with Gasteiger partial charge in [-0.3, -0.25) is 14.4 Å². The third-order valence-corrected chi connectivity index (χ3v) is 11.6. The summed E-state index contributed by atoms with van der Waals surface area (Å²) in [5, 5.41) is 0. The zero-order valence-electron chi connectivity index (χ0n) is 41.1. The summed E-state index contributed by atoms with van der Waals surface area (Å²) >= 11 is 0. The number of ether oxygens (including phenoxy) is 3. The molecule has 62 heavy (non-hydrogen) atoms. The van der Waals surface area contributed by atoms with Gasteiger partial charge in [-0.05, 0) is 77.0 Å². The van der Waals surface area contributed by atoms with Crippen LogP contribution >= 0.6 is 0 Å². The summed E-state index contributed by atoms with van der Waals surface area (Å²) in [4.78, 5) is 37.9. The molecule has 6 nitrogen and oxygen atoms in total. The van der Waals surface area contributed by atoms with Gasteiger partial charge < -0.3 is 14.2 Å². The molecule has 0 N–H and O–H groups in total. The maximum atomic E-state index is 12.8. The van der Waals surface area contributed by atoms with Crippen molar-refractivity contribution >= 4 is 17.9 Å². The molecule has 0 aromatic carbocycles. The van der Waals surface area contributed by atoms with E-state index in [4.69, 9.17) is 14.2 Å². The smallest absolute Gasteiger partial charge is 0.306 e. The molecule has 0 heterocycles. The molecule has 0 spiro atoms. The van der Waals surface area contributed by atoms with Gasteiger partial charge in [0.2, 0.25) is 0 Å². The minimum Gasteiger partial charge on any atom is -0.462 e. The molecule has 0 saturated carbocycles. The summed E-state index contributed by atoms with van der Waals surface area (Å²) in [6.07, 6.45) is 60.9. The van der Waals surface area contributed by atoms with Crippen molar-refractivity contribution < 1.29 is 28.6 Å². The van der Waals surface area contributed by atoms with Gasteiger partial charge in [-0.1, -0.05) is 223 Å². The fourth-order valence-corrected chi connectivity index (χ4v) is 7.49. The first-order valence-corrected chi connectivity index (χ1v) is 26.6. The van der Waals surface area contributed by atoms with Gasteiger partial charge in [-0.25, -0.2) is 0 Å². The molecule has 0 amide bonds. The average Bonchev–Trinajstić information content (AvgIpc) is 3.27. The topological polar surface area (TPSA) is 78.9 Å². The normalized spacial score (nSPS) is 12.4. The average molecular weight is 869 g/mol. The van der Waals surface area contributed by atoms with E-state index in [1.54, 1.807) is 0 Å². The molecule has 0 saturated heterocycles. The number of hydrogen-bond acceptors (Lipinski definition) is 6. The van der Waals surface area contributed by atoms with Crippen molar-refractivity contribution in [3.8, 4) is 0 Å². The second-order valence-corrected chi connectivity index (χ2v) is 17.8. The number of hydrogen-bond donors (Lipinski definition) is 0. The highest BCUT2D eigenvalue weighted by Crippen LogP contribution is 2.15. The van der Waals surface area contributed by atoms with Crippen LogP contribution in [0.5, 0.6) is 0 Å². The van der Waals surface area contributed by atoms with Crippen molar-refractivity contribution in [2.75, 3.05) is 13.2 Å². The molecule has 1 atom stereocenters.